The number of hydrogen-bond donors (Lipinski definition) is 1. The maximum absolute atomic E-state index is 9.63. The Kier molecular flexibility index (Phi) is 4.60. The van der Waals surface area contributed by atoms with Crippen LogP contribution < -0.4 is 4.90 Å². The molecule has 1 aliphatic heterocycles. The van der Waals surface area contributed by atoms with Crippen LogP contribution >= 0.6 is 15.9 Å². The summed E-state index contributed by atoms with van der Waals surface area (Å²) in [6.07, 6.45) is 3.06. The molecular weight excluding hydrogens is 314 g/mol. The van der Waals surface area contributed by atoms with E-state index in [1.54, 1.807) is 12.5 Å². The van der Waals surface area contributed by atoms with Crippen molar-refractivity contribution in [3.63, 3.8) is 0 Å². The molecule has 3 heteroatoms. The highest BCUT2D eigenvalue weighted by Crippen LogP contribution is 2.34. The van der Waals surface area contributed by atoms with Crippen molar-refractivity contribution in [1.29, 1.82) is 0 Å². The first-order valence-corrected chi connectivity index (χ1v) is 8.00. The zero-order valence-electron chi connectivity index (χ0n) is 12.8. The van der Waals surface area contributed by atoms with Crippen molar-refractivity contribution in [2.24, 2.45) is 5.41 Å². The van der Waals surface area contributed by atoms with Gasteiger partial charge in [-0.3, -0.25) is 0 Å². The smallest absolute Gasteiger partial charge is 0.0762 e. The van der Waals surface area contributed by atoms with Crippen molar-refractivity contribution < 1.29 is 5.11 Å². The maximum Gasteiger partial charge on any atom is 0.0762 e. The molecular formula is C17H24BrNO. The predicted molar refractivity (Wildman–Crippen MR) is 89.1 cm³/mol. The molecule has 1 aromatic carbocycles. The number of halogens is 1. The van der Waals surface area contributed by atoms with E-state index >= 15 is 0 Å². The van der Waals surface area contributed by atoms with Gasteiger partial charge in [0.2, 0.25) is 0 Å². The lowest BCUT2D eigenvalue weighted by molar-refractivity contribution is 0.199. The Balaban J connectivity index is 2.17. The minimum atomic E-state index is -0.422. The van der Waals surface area contributed by atoms with Crippen molar-refractivity contribution in [2.45, 2.75) is 40.2 Å². The predicted octanol–water partition coefficient (Wildman–Crippen LogP) is 4.69. The molecule has 2 rings (SSSR count). The van der Waals surface area contributed by atoms with E-state index in [9.17, 15) is 5.11 Å². The number of rotatable bonds is 2. The summed E-state index contributed by atoms with van der Waals surface area (Å²) >= 11 is 3.63. The van der Waals surface area contributed by atoms with Gasteiger partial charge in [-0.15, -0.1) is 0 Å². The van der Waals surface area contributed by atoms with Crippen LogP contribution in [0, 0.1) is 5.41 Å². The molecule has 1 heterocycles. The van der Waals surface area contributed by atoms with Crippen molar-refractivity contribution in [1.82, 2.24) is 0 Å². The topological polar surface area (TPSA) is 23.5 Å². The fraction of sp³-hybridized carbons (Fsp3) is 0.529. The zero-order chi connectivity index (χ0) is 14.9. The number of anilines is 1. The van der Waals surface area contributed by atoms with Gasteiger partial charge in [0.25, 0.3) is 0 Å². The molecule has 2 nitrogen and oxygen atoms in total. The van der Waals surface area contributed by atoms with E-state index in [2.05, 4.69) is 53.7 Å². The number of hydrogen-bond acceptors (Lipinski definition) is 2. The molecule has 0 radical (unpaired) electrons. The number of aliphatic hydroxyl groups is 1. The van der Waals surface area contributed by atoms with Gasteiger partial charge in [-0.25, -0.2) is 0 Å². The minimum Gasteiger partial charge on any atom is -0.389 e. The van der Waals surface area contributed by atoms with Crippen molar-refractivity contribution in [3.8, 4) is 0 Å². The molecule has 20 heavy (non-hydrogen) atoms. The van der Waals surface area contributed by atoms with Gasteiger partial charge in [-0.1, -0.05) is 38.5 Å². The zero-order valence-corrected chi connectivity index (χ0v) is 14.4. The van der Waals surface area contributed by atoms with Crippen molar-refractivity contribution in [2.75, 3.05) is 18.0 Å². The molecule has 0 fully saturated rings. The summed E-state index contributed by atoms with van der Waals surface area (Å²) < 4.78 is 1.06. The highest BCUT2D eigenvalue weighted by atomic mass is 79.9. The average molecular weight is 338 g/mol. The van der Waals surface area contributed by atoms with Crippen LogP contribution in [0.1, 0.15) is 45.8 Å². The van der Waals surface area contributed by atoms with Gasteiger partial charge < -0.3 is 10.0 Å². The van der Waals surface area contributed by atoms with E-state index in [4.69, 9.17) is 0 Å². The summed E-state index contributed by atoms with van der Waals surface area (Å²) in [7, 11) is 0. The van der Waals surface area contributed by atoms with Crippen LogP contribution in [0.25, 0.3) is 0 Å². The summed E-state index contributed by atoms with van der Waals surface area (Å²) in [6.45, 7) is 10.6. The third kappa shape index (κ3) is 3.44. The molecule has 0 spiro atoms. The monoisotopic (exact) mass is 337 g/mol. The highest BCUT2D eigenvalue weighted by molar-refractivity contribution is 9.10. The molecule has 0 bridgehead atoms. The van der Waals surface area contributed by atoms with Crippen LogP contribution in [-0.4, -0.2) is 18.2 Å². The van der Waals surface area contributed by atoms with Gasteiger partial charge in [-0.05, 0) is 52.4 Å². The Morgan fingerprint density at radius 2 is 2.00 bits per heavy atom. The molecule has 0 unspecified atom stereocenters. The van der Waals surface area contributed by atoms with Gasteiger partial charge in [0, 0.05) is 17.6 Å². The van der Waals surface area contributed by atoms with Gasteiger partial charge in [-0.2, -0.15) is 0 Å². The Bertz CT molecular complexity index is 514. The van der Waals surface area contributed by atoms with Crippen LogP contribution in [0.2, 0.25) is 0 Å². The second kappa shape index (κ2) is 5.90. The van der Waals surface area contributed by atoms with Crippen LogP contribution in [0.3, 0.4) is 0 Å². The summed E-state index contributed by atoms with van der Waals surface area (Å²) in [4.78, 5) is 2.38. The summed E-state index contributed by atoms with van der Waals surface area (Å²) in [6, 6.07) is 6.12. The van der Waals surface area contributed by atoms with Crippen LogP contribution in [0.15, 0.2) is 34.3 Å². The standard InChI is InChI=1S/C17H24BrNO/c1-12(20)13-5-6-16(15(18)11-13)19-9-7-14(8-10-19)17(2,3)4/h5-7,11-12,20H,8-10H2,1-4H3/t12-/m1/s1. The first kappa shape index (κ1) is 15.6. The lowest BCUT2D eigenvalue weighted by Gasteiger charge is -2.34. The summed E-state index contributed by atoms with van der Waals surface area (Å²) in [5.74, 6) is 0. The van der Waals surface area contributed by atoms with Crippen LogP contribution in [0.5, 0.6) is 0 Å². The molecule has 110 valence electrons. The van der Waals surface area contributed by atoms with Crippen LogP contribution in [0.4, 0.5) is 5.69 Å². The Morgan fingerprint density at radius 1 is 1.30 bits per heavy atom. The van der Waals surface area contributed by atoms with Crippen LogP contribution in [-0.2, 0) is 0 Å². The fourth-order valence-electron chi connectivity index (χ4n) is 2.61. The number of benzene rings is 1. The van der Waals surface area contributed by atoms with Crippen molar-refractivity contribution in [3.05, 3.63) is 39.9 Å². The molecule has 0 saturated carbocycles. The fourth-order valence-corrected chi connectivity index (χ4v) is 3.26. The molecule has 0 saturated heterocycles. The van der Waals surface area contributed by atoms with E-state index in [0.29, 0.717) is 0 Å². The SMILES string of the molecule is C[C@@H](O)c1ccc(N2CC=C(C(C)(C)C)CC2)c(Br)c1. The molecule has 1 aromatic rings. The first-order valence-electron chi connectivity index (χ1n) is 7.21. The van der Waals surface area contributed by atoms with Gasteiger partial charge >= 0.3 is 0 Å². The molecule has 1 atom stereocenters. The number of nitrogens with zero attached hydrogens (tertiary/aromatic N) is 1. The lowest BCUT2D eigenvalue weighted by atomic mass is 9.83. The maximum atomic E-state index is 9.63. The molecule has 1 aliphatic rings. The lowest BCUT2D eigenvalue weighted by Crippen LogP contribution is -2.31. The van der Waals surface area contributed by atoms with Gasteiger partial charge in [0.05, 0.1) is 11.8 Å². The van der Waals surface area contributed by atoms with E-state index in [1.165, 1.54) is 5.69 Å². The second-order valence-electron chi connectivity index (χ2n) is 6.56. The Labute approximate surface area is 130 Å². The Hall–Kier alpha value is -0.800. The van der Waals surface area contributed by atoms with E-state index in [-0.39, 0.29) is 5.41 Å². The summed E-state index contributed by atoms with van der Waals surface area (Å²) in [5, 5.41) is 9.63. The Morgan fingerprint density at radius 3 is 2.45 bits per heavy atom. The van der Waals surface area contributed by atoms with E-state index in [0.717, 1.165) is 29.5 Å². The quantitative estimate of drug-likeness (QED) is 0.791. The van der Waals surface area contributed by atoms with E-state index < -0.39 is 6.10 Å². The normalized spacial score (nSPS) is 17.9. The third-order valence-electron chi connectivity index (χ3n) is 3.97. The highest BCUT2D eigenvalue weighted by Gasteiger charge is 2.22. The average Bonchev–Trinajstić information content (AvgIpc) is 2.37. The number of aliphatic hydroxyl groups excluding tert-OH is 1. The molecule has 1 N–H and O–H groups in total. The van der Waals surface area contributed by atoms with Crippen molar-refractivity contribution >= 4 is 21.6 Å². The molecule has 0 amide bonds. The molecule has 0 aliphatic carbocycles. The van der Waals surface area contributed by atoms with Gasteiger partial charge in [0.15, 0.2) is 0 Å². The molecule has 0 aromatic heterocycles. The van der Waals surface area contributed by atoms with Gasteiger partial charge in [0.1, 0.15) is 0 Å². The first-order chi connectivity index (χ1) is 9.29. The largest absolute Gasteiger partial charge is 0.389 e. The third-order valence-corrected chi connectivity index (χ3v) is 4.60. The summed E-state index contributed by atoms with van der Waals surface area (Å²) in [5.41, 5.74) is 3.98. The second-order valence-corrected chi connectivity index (χ2v) is 7.42. The minimum absolute atomic E-state index is 0.277. The van der Waals surface area contributed by atoms with E-state index in [1.807, 2.05) is 12.1 Å².